The summed E-state index contributed by atoms with van der Waals surface area (Å²) in [7, 11) is 0. The molecule has 0 bridgehead atoms. The highest BCUT2D eigenvalue weighted by Crippen LogP contribution is 2.31. The van der Waals surface area contributed by atoms with Gasteiger partial charge in [-0.3, -0.25) is 0 Å². The molecule has 2 heterocycles. The van der Waals surface area contributed by atoms with Gasteiger partial charge in [0.05, 0.1) is 4.47 Å². The van der Waals surface area contributed by atoms with Crippen LogP contribution in [-0.4, -0.2) is 9.97 Å². The first kappa shape index (κ1) is 10.6. The van der Waals surface area contributed by atoms with E-state index in [1.54, 1.807) is 18.3 Å². The number of furan rings is 1. The second-order valence-corrected chi connectivity index (χ2v) is 4.22. The zero-order valence-electron chi connectivity index (χ0n) is 7.37. The zero-order valence-corrected chi connectivity index (χ0v) is 10.5. The standard InChI is InChI=1S/C8H6Br2N4O/c9-4-3-5(15-7(4)10)8-12-2-1-6(13-8)14-11/h1-3H,11H2,(H,12,13,14). The summed E-state index contributed by atoms with van der Waals surface area (Å²) in [6, 6.07) is 3.44. The topological polar surface area (TPSA) is 77.0 Å². The van der Waals surface area contributed by atoms with E-state index < -0.39 is 0 Å². The minimum Gasteiger partial charge on any atom is -0.445 e. The Bertz CT molecular complexity index is 466. The van der Waals surface area contributed by atoms with Crippen molar-refractivity contribution in [3.63, 3.8) is 0 Å². The molecule has 2 aromatic heterocycles. The number of anilines is 1. The molecular weight excluding hydrogens is 328 g/mol. The molecular formula is C8H6Br2N4O. The third kappa shape index (κ3) is 2.19. The molecule has 7 heteroatoms. The van der Waals surface area contributed by atoms with Crippen LogP contribution in [0.3, 0.4) is 0 Å². The molecule has 0 unspecified atom stereocenters. The van der Waals surface area contributed by atoms with E-state index in [1.807, 2.05) is 0 Å². The summed E-state index contributed by atoms with van der Waals surface area (Å²) in [5, 5.41) is 0. The Kier molecular flexibility index (Phi) is 3.03. The highest BCUT2D eigenvalue weighted by molar-refractivity contribution is 9.13. The largest absolute Gasteiger partial charge is 0.445 e. The van der Waals surface area contributed by atoms with Crippen LogP contribution in [0.1, 0.15) is 0 Å². The molecule has 2 aromatic rings. The first-order valence-corrected chi connectivity index (χ1v) is 5.54. The van der Waals surface area contributed by atoms with Gasteiger partial charge in [-0.15, -0.1) is 0 Å². The van der Waals surface area contributed by atoms with Gasteiger partial charge in [0, 0.05) is 18.3 Å². The zero-order chi connectivity index (χ0) is 10.8. The van der Waals surface area contributed by atoms with Crippen molar-refractivity contribution in [1.82, 2.24) is 9.97 Å². The summed E-state index contributed by atoms with van der Waals surface area (Å²) in [6.07, 6.45) is 1.60. The smallest absolute Gasteiger partial charge is 0.197 e. The Morgan fingerprint density at radius 2 is 2.20 bits per heavy atom. The average Bonchev–Trinajstić information content (AvgIpc) is 2.59. The van der Waals surface area contributed by atoms with Crippen molar-refractivity contribution in [1.29, 1.82) is 0 Å². The van der Waals surface area contributed by atoms with Gasteiger partial charge in [0.1, 0.15) is 5.82 Å². The molecule has 2 rings (SSSR count). The molecule has 5 nitrogen and oxygen atoms in total. The van der Waals surface area contributed by atoms with Crippen LogP contribution >= 0.6 is 31.9 Å². The van der Waals surface area contributed by atoms with E-state index in [1.165, 1.54) is 0 Å². The predicted molar refractivity (Wildman–Crippen MR) is 62.9 cm³/mol. The lowest BCUT2D eigenvalue weighted by Crippen LogP contribution is -2.08. The highest BCUT2D eigenvalue weighted by atomic mass is 79.9. The van der Waals surface area contributed by atoms with Crippen LogP contribution in [-0.2, 0) is 0 Å². The second-order valence-electron chi connectivity index (χ2n) is 2.64. The molecule has 0 aromatic carbocycles. The Labute approximate surface area is 102 Å². The summed E-state index contributed by atoms with van der Waals surface area (Å²) in [4.78, 5) is 8.20. The van der Waals surface area contributed by atoms with Crippen molar-refractivity contribution < 1.29 is 4.42 Å². The van der Waals surface area contributed by atoms with Crippen LogP contribution < -0.4 is 11.3 Å². The molecule has 3 N–H and O–H groups in total. The number of hydrogen-bond donors (Lipinski definition) is 2. The molecule has 0 spiro atoms. The number of nitrogens with zero attached hydrogens (tertiary/aromatic N) is 2. The average molecular weight is 334 g/mol. The van der Waals surface area contributed by atoms with E-state index in [9.17, 15) is 0 Å². The van der Waals surface area contributed by atoms with Crippen LogP contribution in [0.4, 0.5) is 5.82 Å². The van der Waals surface area contributed by atoms with Gasteiger partial charge >= 0.3 is 0 Å². The van der Waals surface area contributed by atoms with Crippen LogP contribution in [0.15, 0.2) is 31.9 Å². The summed E-state index contributed by atoms with van der Waals surface area (Å²) >= 11 is 6.55. The van der Waals surface area contributed by atoms with E-state index in [0.29, 0.717) is 22.1 Å². The summed E-state index contributed by atoms with van der Waals surface area (Å²) in [6.45, 7) is 0. The number of halogens is 2. The molecule has 0 aliphatic carbocycles. The summed E-state index contributed by atoms with van der Waals surface area (Å²) in [5.41, 5.74) is 2.44. The highest BCUT2D eigenvalue weighted by Gasteiger charge is 2.10. The monoisotopic (exact) mass is 332 g/mol. The van der Waals surface area contributed by atoms with Gasteiger partial charge in [0.2, 0.25) is 0 Å². The van der Waals surface area contributed by atoms with Gasteiger partial charge in [-0.1, -0.05) is 0 Å². The number of nitrogens with one attached hydrogen (secondary N) is 1. The molecule has 0 amide bonds. The SMILES string of the molecule is NNc1ccnc(-c2cc(Br)c(Br)o2)n1. The van der Waals surface area contributed by atoms with Crippen molar-refractivity contribution in [3.05, 3.63) is 27.5 Å². The van der Waals surface area contributed by atoms with Crippen molar-refractivity contribution >= 4 is 37.7 Å². The lowest BCUT2D eigenvalue weighted by Gasteiger charge is -1.99. The molecule has 15 heavy (non-hydrogen) atoms. The number of hydrogen-bond acceptors (Lipinski definition) is 5. The molecule has 0 saturated carbocycles. The van der Waals surface area contributed by atoms with Gasteiger partial charge in [-0.05, 0) is 31.9 Å². The molecule has 0 fully saturated rings. The normalized spacial score (nSPS) is 10.3. The van der Waals surface area contributed by atoms with Gasteiger partial charge in [0.25, 0.3) is 0 Å². The number of nitrogen functional groups attached to an aromatic ring is 1. The lowest BCUT2D eigenvalue weighted by molar-refractivity contribution is 0.549. The molecule has 78 valence electrons. The van der Waals surface area contributed by atoms with E-state index >= 15 is 0 Å². The first-order valence-electron chi connectivity index (χ1n) is 3.95. The molecule has 0 radical (unpaired) electrons. The van der Waals surface area contributed by atoms with Gasteiger partial charge in [-0.25, -0.2) is 15.8 Å². The van der Waals surface area contributed by atoms with E-state index in [4.69, 9.17) is 10.3 Å². The fraction of sp³-hybridized carbons (Fsp3) is 0. The summed E-state index contributed by atoms with van der Waals surface area (Å²) in [5.74, 6) is 6.80. The lowest BCUT2D eigenvalue weighted by atomic mass is 10.4. The maximum atomic E-state index is 5.38. The molecule has 0 aliphatic rings. The second kappa shape index (κ2) is 4.30. The fourth-order valence-electron chi connectivity index (χ4n) is 1.01. The van der Waals surface area contributed by atoms with Crippen molar-refractivity contribution in [2.45, 2.75) is 0 Å². The maximum Gasteiger partial charge on any atom is 0.197 e. The number of nitrogens with two attached hydrogens (primary N) is 1. The Morgan fingerprint density at radius 3 is 2.80 bits per heavy atom. The third-order valence-corrected chi connectivity index (χ3v) is 3.38. The maximum absolute atomic E-state index is 5.38. The van der Waals surface area contributed by atoms with E-state index in [2.05, 4.69) is 47.3 Å². The number of hydrazine groups is 1. The fourth-order valence-corrected chi connectivity index (χ4v) is 1.59. The van der Waals surface area contributed by atoms with Crippen LogP contribution in [0.5, 0.6) is 0 Å². The Morgan fingerprint density at radius 1 is 1.40 bits per heavy atom. The first-order chi connectivity index (χ1) is 7.20. The van der Waals surface area contributed by atoms with E-state index in [0.717, 1.165) is 4.47 Å². The molecule has 0 saturated heterocycles. The van der Waals surface area contributed by atoms with Crippen LogP contribution in [0, 0.1) is 0 Å². The number of aromatic nitrogens is 2. The minimum atomic E-state index is 0.469. The van der Waals surface area contributed by atoms with Crippen LogP contribution in [0.25, 0.3) is 11.6 Å². The quantitative estimate of drug-likeness (QED) is 0.652. The van der Waals surface area contributed by atoms with Crippen LogP contribution in [0.2, 0.25) is 0 Å². The minimum absolute atomic E-state index is 0.469. The molecule has 0 atom stereocenters. The van der Waals surface area contributed by atoms with Gasteiger partial charge in [0.15, 0.2) is 16.3 Å². The molecule has 0 aliphatic heterocycles. The third-order valence-electron chi connectivity index (χ3n) is 1.67. The van der Waals surface area contributed by atoms with Gasteiger partial charge in [-0.2, -0.15) is 0 Å². The van der Waals surface area contributed by atoms with Crippen molar-refractivity contribution in [2.75, 3.05) is 5.43 Å². The van der Waals surface area contributed by atoms with Gasteiger partial charge < -0.3 is 9.84 Å². The Balaban J connectivity index is 2.44. The number of rotatable bonds is 2. The Hall–Kier alpha value is -0.920. The van der Waals surface area contributed by atoms with E-state index in [-0.39, 0.29) is 0 Å². The predicted octanol–water partition coefficient (Wildman–Crippen LogP) is 2.55. The van der Waals surface area contributed by atoms with Crippen molar-refractivity contribution in [3.8, 4) is 11.6 Å². The van der Waals surface area contributed by atoms with Crippen molar-refractivity contribution in [2.24, 2.45) is 5.84 Å². The summed E-state index contributed by atoms with van der Waals surface area (Å²) < 4.78 is 6.79.